The van der Waals surface area contributed by atoms with E-state index in [9.17, 15) is 22.0 Å². The van der Waals surface area contributed by atoms with E-state index in [2.05, 4.69) is 5.32 Å². The molecular formula is C21H18F2N2O3S. The van der Waals surface area contributed by atoms with Gasteiger partial charge in [-0.2, -0.15) is 0 Å². The molecule has 1 amide bonds. The van der Waals surface area contributed by atoms with Crippen LogP contribution in [0.4, 0.5) is 20.2 Å². The SMILES string of the molecule is CS(=O)(=O)N(Cc1ccccc1)c1ccc(C(=O)Nc2ccc(F)c(F)c2)cc1. The van der Waals surface area contributed by atoms with Crippen LogP contribution in [0.15, 0.2) is 72.8 Å². The predicted octanol–water partition coefficient (Wildman–Crippen LogP) is 4.18. The predicted molar refractivity (Wildman–Crippen MR) is 108 cm³/mol. The van der Waals surface area contributed by atoms with Crippen molar-refractivity contribution in [2.24, 2.45) is 0 Å². The van der Waals surface area contributed by atoms with E-state index in [-0.39, 0.29) is 17.8 Å². The van der Waals surface area contributed by atoms with E-state index in [0.717, 1.165) is 24.0 Å². The number of nitrogens with one attached hydrogen (secondary N) is 1. The molecule has 0 bridgehead atoms. The summed E-state index contributed by atoms with van der Waals surface area (Å²) < 4.78 is 52.0. The number of benzene rings is 3. The highest BCUT2D eigenvalue weighted by atomic mass is 32.2. The Kier molecular flexibility index (Phi) is 5.93. The molecule has 0 spiro atoms. The lowest BCUT2D eigenvalue weighted by atomic mass is 10.1. The molecule has 0 unspecified atom stereocenters. The van der Waals surface area contributed by atoms with E-state index in [1.54, 1.807) is 0 Å². The van der Waals surface area contributed by atoms with Gasteiger partial charge in [0.05, 0.1) is 18.5 Å². The maximum absolute atomic E-state index is 13.3. The lowest BCUT2D eigenvalue weighted by Gasteiger charge is -2.22. The van der Waals surface area contributed by atoms with E-state index in [1.165, 1.54) is 34.6 Å². The number of rotatable bonds is 6. The van der Waals surface area contributed by atoms with Crippen LogP contribution < -0.4 is 9.62 Å². The van der Waals surface area contributed by atoms with Crippen molar-refractivity contribution in [1.29, 1.82) is 0 Å². The minimum atomic E-state index is -3.55. The van der Waals surface area contributed by atoms with Crippen LogP contribution in [0.1, 0.15) is 15.9 Å². The number of hydrogen-bond donors (Lipinski definition) is 1. The standard InChI is InChI=1S/C21H18F2N2O3S/c1-29(27,28)25(14-15-5-3-2-4-6-15)18-10-7-16(8-11-18)21(26)24-17-9-12-19(22)20(23)13-17/h2-13H,14H2,1H3,(H,24,26). The topological polar surface area (TPSA) is 66.5 Å². The molecule has 5 nitrogen and oxygen atoms in total. The normalized spacial score (nSPS) is 11.1. The zero-order valence-electron chi connectivity index (χ0n) is 15.5. The fourth-order valence-corrected chi connectivity index (χ4v) is 3.59. The summed E-state index contributed by atoms with van der Waals surface area (Å²) >= 11 is 0. The molecule has 0 heterocycles. The van der Waals surface area contributed by atoms with Crippen molar-refractivity contribution < 1.29 is 22.0 Å². The van der Waals surface area contributed by atoms with E-state index in [4.69, 9.17) is 0 Å². The minimum Gasteiger partial charge on any atom is -0.322 e. The van der Waals surface area contributed by atoms with Gasteiger partial charge in [-0.3, -0.25) is 9.10 Å². The number of anilines is 2. The average Bonchev–Trinajstić information content (AvgIpc) is 2.69. The van der Waals surface area contributed by atoms with Gasteiger partial charge in [-0.25, -0.2) is 17.2 Å². The molecule has 0 aliphatic heterocycles. The summed E-state index contributed by atoms with van der Waals surface area (Å²) in [4.78, 5) is 12.3. The van der Waals surface area contributed by atoms with Gasteiger partial charge in [-0.05, 0) is 42.0 Å². The zero-order chi connectivity index (χ0) is 21.0. The molecule has 0 aliphatic rings. The second-order valence-electron chi connectivity index (χ2n) is 6.39. The monoisotopic (exact) mass is 416 g/mol. The number of nitrogens with zero attached hydrogens (tertiary/aromatic N) is 1. The Morgan fingerprint density at radius 3 is 2.17 bits per heavy atom. The van der Waals surface area contributed by atoms with Gasteiger partial charge in [0.2, 0.25) is 10.0 Å². The number of hydrogen-bond acceptors (Lipinski definition) is 3. The molecule has 8 heteroatoms. The van der Waals surface area contributed by atoms with Crippen molar-refractivity contribution >= 4 is 27.3 Å². The molecule has 1 N–H and O–H groups in total. The van der Waals surface area contributed by atoms with Crippen LogP contribution in [0.25, 0.3) is 0 Å². The third kappa shape index (κ3) is 5.17. The van der Waals surface area contributed by atoms with Gasteiger partial charge in [-0.15, -0.1) is 0 Å². The summed E-state index contributed by atoms with van der Waals surface area (Å²) in [6, 6.07) is 18.1. The van der Waals surface area contributed by atoms with Crippen LogP contribution in [-0.2, 0) is 16.6 Å². The fourth-order valence-electron chi connectivity index (χ4n) is 2.71. The zero-order valence-corrected chi connectivity index (χ0v) is 16.3. The maximum Gasteiger partial charge on any atom is 0.255 e. The molecule has 0 atom stereocenters. The highest BCUT2D eigenvalue weighted by molar-refractivity contribution is 7.92. The van der Waals surface area contributed by atoms with Crippen LogP contribution in [0, 0.1) is 11.6 Å². The van der Waals surface area contributed by atoms with E-state index >= 15 is 0 Å². The lowest BCUT2D eigenvalue weighted by molar-refractivity contribution is 0.102. The van der Waals surface area contributed by atoms with E-state index < -0.39 is 27.6 Å². The van der Waals surface area contributed by atoms with Gasteiger partial charge in [-0.1, -0.05) is 30.3 Å². The van der Waals surface area contributed by atoms with Crippen LogP contribution in [0.3, 0.4) is 0 Å². The third-order valence-corrected chi connectivity index (χ3v) is 5.30. The van der Waals surface area contributed by atoms with Gasteiger partial charge >= 0.3 is 0 Å². The highest BCUT2D eigenvalue weighted by Gasteiger charge is 2.18. The van der Waals surface area contributed by atoms with Crippen LogP contribution in [0.2, 0.25) is 0 Å². The molecule has 3 rings (SSSR count). The molecule has 150 valence electrons. The smallest absolute Gasteiger partial charge is 0.255 e. The first-order valence-electron chi connectivity index (χ1n) is 8.62. The van der Waals surface area contributed by atoms with Crippen molar-refractivity contribution in [3.05, 3.63) is 95.6 Å². The number of halogens is 2. The summed E-state index contributed by atoms with van der Waals surface area (Å²) in [5.41, 5.74) is 1.57. The quantitative estimate of drug-likeness (QED) is 0.656. The van der Waals surface area contributed by atoms with Crippen molar-refractivity contribution in [2.45, 2.75) is 6.54 Å². The molecule has 0 saturated carbocycles. The summed E-state index contributed by atoms with van der Waals surface area (Å²) in [5, 5.41) is 2.47. The number of carbonyl (C=O) groups is 1. The van der Waals surface area contributed by atoms with Gasteiger partial charge in [0.1, 0.15) is 0 Å². The molecular weight excluding hydrogens is 398 g/mol. The lowest BCUT2D eigenvalue weighted by Crippen LogP contribution is -2.29. The summed E-state index contributed by atoms with van der Waals surface area (Å²) in [6.07, 6.45) is 1.11. The minimum absolute atomic E-state index is 0.111. The summed E-state index contributed by atoms with van der Waals surface area (Å²) in [7, 11) is -3.55. The molecule has 0 saturated heterocycles. The first-order valence-corrected chi connectivity index (χ1v) is 10.5. The molecule has 0 radical (unpaired) electrons. The molecule has 3 aromatic rings. The molecule has 0 aliphatic carbocycles. The van der Waals surface area contributed by atoms with E-state index in [0.29, 0.717) is 5.69 Å². The van der Waals surface area contributed by atoms with Crippen molar-refractivity contribution in [3.63, 3.8) is 0 Å². The van der Waals surface area contributed by atoms with Crippen LogP contribution in [-0.4, -0.2) is 20.6 Å². The average molecular weight is 416 g/mol. The Morgan fingerprint density at radius 1 is 0.931 bits per heavy atom. The first kappa shape index (κ1) is 20.5. The summed E-state index contributed by atoms with van der Waals surface area (Å²) in [5.74, 6) is -2.61. The Hall–Kier alpha value is -3.26. The second kappa shape index (κ2) is 8.40. The number of sulfonamides is 1. The largest absolute Gasteiger partial charge is 0.322 e. The molecule has 0 fully saturated rings. The van der Waals surface area contributed by atoms with E-state index in [1.807, 2.05) is 30.3 Å². The number of amides is 1. The van der Waals surface area contributed by atoms with Gasteiger partial charge < -0.3 is 5.32 Å². The van der Waals surface area contributed by atoms with Gasteiger partial charge in [0, 0.05) is 17.3 Å². The summed E-state index contributed by atoms with van der Waals surface area (Å²) in [6.45, 7) is 0.153. The van der Waals surface area contributed by atoms with Crippen LogP contribution in [0.5, 0.6) is 0 Å². The number of carbonyl (C=O) groups excluding carboxylic acids is 1. The molecule has 3 aromatic carbocycles. The molecule has 29 heavy (non-hydrogen) atoms. The second-order valence-corrected chi connectivity index (χ2v) is 8.29. The van der Waals surface area contributed by atoms with Gasteiger partial charge in [0.25, 0.3) is 5.91 Å². The van der Waals surface area contributed by atoms with Crippen molar-refractivity contribution in [1.82, 2.24) is 0 Å². The van der Waals surface area contributed by atoms with Crippen molar-refractivity contribution in [2.75, 3.05) is 15.9 Å². The van der Waals surface area contributed by atoms with Crippen molar-refractivity contribution in [3.8, 4) is 0 Å². The first-order chi connectivity index (χ1) is 13.7. The Morgan fingerprint density at radius 2 is 1.59 bits per heavy atom. The van der Waals surface area contributed by atoms with Crippen LogP contribution >= 0.6 is 0 Å². The third-order valence-electron chi connectivity index (χ3n) is 4.16. The Balaban J connectivity index is 1.79. The maximum atomic E-state index is 13.3. The fraction of sp³-hybridized carbons (Fsp3) is 0.0952. The van der Waals surface area contributed by atoms with Gasteiger partial charge in [0.15, 0.2) is 11.6 Å². The molecule has 0 aromatic heterocycles. The highest BCUT2D eigenvalue weighted by Crippen LogP contribution is 2.22. The Labute approximate surface area is 167 Å². The Bertz CT molecular complexity index is 1120.